The first-order valence-corrected chi connectivity index (χ1v) is 4.44. The third-order valence-electron chi connectivity index (χ3n) is 2.13. The van der Waals surface area contributed by atoms with Gasteiger partial charge in [-0.05, 0) is 12.1 Å². The zero-order valence-electron chi connectivity index (χ0n) is 9.25. The molecule has 0 heterocycles. The summed E-state index contributed by atoms with van der Waals surface area (Å²) in [6.07, 6.45) is -4.50. The topological polar surface area (TPSA) is 44.5 Å². The molecule has 3 nitrogen and oxygen atoms in total. The summed E-state index contributed by atoms with van der Waals surface area (Å²) >= 11 is 0. The summed E-state index contributed by atoms with van der Waals surface area (Å²) in [5, 5.41) is 0. The summed E-state index contributed by atoms with van der Waals surface area (Å²) in [7, 11) is 2.69. The zero-order valence-corrected chi connectivity index (χ0v) is 10.1. The van der Waals surface area contributed by atoms with Crippen molar-refractivity contribution in [1.82, 2.24) is 0 Å². The standard InChI is InChI=1S/C10H12F3NO2.ClH/c1-15-6-3-4-7(8(5-6)16-2)9(14)10(11,12)13;/h3-5,9H,14H2,1-2H3;1H/t9-;/m1./s1. The van der Waals surface area contributed by atoms with Crippen molar-refractivity contribution in [2.75, 3.05) is 14.2 Å². The van der Waals surface area contributed by atoms with Crippen molar-refractivity contribution < 1.29 is 22.6 Å². The Hall–Kier alpha value is -1.14. The quantitative estimate of drug-likeness (QED) is 0.919. The van der Waals surface area contributed by atoms with Gasteiger partial charge in [0.25, 0.3) is 0 Å². The molecule has 1 rings (SSSR count). The molecular formula is C10H13ClF3NO2. The molecule has 0 aromatic heterocycles. The van der Waals surface area contributed by atoms with Gasteiger partial charge in [-0.15, -0.1) is 12.4 Å². The largest absolute Gasteiger partial charge is 0.497 e. The first-order chi connectivity index (χ1) is 7.40. The molecule has 0 bridgehead atoms. The molecule has 0 spiro atoms. The van der Waals surface area contributed by atoms with Crippen LogP contribution in [0.3, 0.4) is 0 Å². The predicted molar refractivity (Wildman–Crippen MR) is 59.8 cm³/mol. The van der Waals surface area contributed by atoms with Gasteiger partial charge in [-0.3, -0.25) is 0 Å². The molecule has 1 aromatic carbocycles. The number of halogens is 4. The number of benzene rings is 1. The molecule has 0 unspecified atom stereocenters. The Balaban J connectivity index is 0.00000256. The maximum absolute atomic E-state index is 12.4. The summed E-state index contributed by atoms with van der Waals surface area (Å²) in [6.45, 7) is 0. The number of ether oxygens (including phenoxy) is 2. The zero-order chi connectivity index (χ0) is 12.3. The third-order valence-corrected chi connectivity index (χ3v) is 2.13. The van der Waals surface area contributed by atoms with E-state index in [2.05, 4.69) is 0 Å². The van der Waals surface area contributed by atoms with E-state index < -0.39 is 12.2 Å². The van der Waals surface area contributed by atoms with Crippen LogP contribution in [-0.4, -0.2) is 20.4 Å². The van der Waals surface area contributed by atoms with Crippen LogP contribution in [0, 0.1) is 0 Å². The minimum absolute atomic E-state index is 0. The van der Waals surface area contributed by atoms with Crippen LogP contribution in [0.4, 0.5) is 13.2 Å². The molecule has 98 valence electrons. The number of alkyl halides is 3. The monoisotopic (exact) mass is 271 g/mol. The number of nitrogens with two attached hydrogens (primary N) is 1. The lowest BCUT2D eigenvalue weighted by Crippen LogP contribution is -2.28. The van der Waals surface area contributed by atoms with Crippen LogP contribution in [-0.2, 0) is 0 Å². The van der Waals surface area contributed by atoms with Gasteiger partial charge in [0, 0.05) is 11.6 Å². The first kappa shape index (κ1) is 15.9. The summed E-state index contributed by atoms with van der Waals surface area (Å²) in [5.41, 5.74) is 4.98. The van der Waals surface area contributed by atoms with Crippen LogP contribution in [0.15, 0.2) is 18.2 Å². The first-order valence-electron chi connectivity index (χ1n) is 4.44. The van der Waals surface area contributed by atoms with Gasteiger partial charge in [0.1, 0.15) is 17.5 Å². The summed E-state index contributed by atoms with van der Waals surface area (Å²) in [5.74, 6) is 0.471. The average molecular weight is 272 g/mol. The number of rotatable bonds is 3. The number of hydrogen-bond acceptors (Lipinski definition) is 3. The van der Waals surface area contributed by atoms with E-state index in [1.54, 1.807) is 0 Å². The van der Waals surface area contributed by atoms with Crippen LogP contribution >= 0.6 is 12.4 Å². The second kappa shape index (κ2) is 5.97. The minimum atomic E-state index is -4.50. The fraction of sp³-hybridized carbons (Fsp3) is 0.400. The molecule has 0 amide bonds. The molecule has 0 aliphatic heterocycles. The van der Waals surface area contributed by atoms with E-state index in [1.165, 1.54) is 32.4 Å². The lowest BCUT2D eigenvalue weighted by atomic mass is 10.1. The SMILES string of the molecule is COc1ccc([C@@H](N)C(F)(F)F)c(OC)c1.Cl. The Labute approximate surface area is 103 Å². The van der Waals surface area contributed by atoms with Gasteiger partial charge in [0.2, 0.25) is 0 Å². The van der Waals surface area contributed by atoms with E-state index in [1.807, 2.05) is 0 Å². The molecule has 1 aromatic rings. The van der Waals surface area contributed by atoms with E-state index in [9.17, 15) is 13.2 Å². The van der Waals surface area contributed by atoms with Gasteiger partial charge >= 0.3 is 6.18 Å². The lowest BCUT2D eigenvalue weighted by molar-refractivity contribution is -0.149. The van der Waals surface area contributed by atoms with E-state index in [0.717, 1.165) is 0 Å². The van der Waals surface area contributed by atoms with Gasteiger partial charge in [-0.1, -0.05) is 0 Å². The average Bonchev–Trinajstić information content (AvgIpc) is 2.26. The maximum atomic E-state index is 12.4. The molecule has 0 aliphatic carbocycles. The van der Waals surface area contributed by atoms with Crippen molar-refractivity contribution in [2.45, 2.75) is 12.2 Å². The Kier molecular flexibility index (Phi) is 5.57. The highest BCUT2D eigenvalue weighted by Crippen LogP contribution is 2.36. The Morgan fingerprint density at radius 1 is 1.18 bits per heavy atom. The van der Waals surface area contributed by atoms with Gasteiger partial charge < -0.3 is 15.2 Å². The third kappa shape index (κ3) is 3.67. The number of hydrogen-bond donors (Lipinski definition) is 1. The van der Waals surface area contributed by atoms with Crippen molar-refractivity contribution in [3.8, 4) is 11.5 Å². The molecule has 0 aliphatic rings. The predicted octanol–water partition coefficient (Wildman–Crippen LogP) is 2.69. The smallest absolute Gasteiger partial charge is 0.407 e. The van der Waals surface area contributed by atoms with Crippen molar-refractivity contribution in [3.63, 3.8) is 0 Å². The van der Waals surface area contributed by atoms with Crippen LogP contribution in [0.25, 0.3) is 0 Å². The Bertz CT molecular complexity index is 371. The van der Waals surface area contributed by atoms with Crippen molar-refractivity contribution in [1.29, 1.82) is 0 Å². The van der Waals surface area contributed by atoms with Crippen molar-refractivity contribution in [2.24, 2.45) is 5.73 Å². The van der Waals surface area contributed by atoms with E-state index in [4.69, 9.17) is 15.2 Å². The highest BCUT2D eigenvalue weighted by molar-refractivity contribution is 5.85. The van der Waals surface area contributed by atoms with Crippen LogP contribution in [0.2, 0.25) is 0 Å². The van der Waals surface area contributed by atoms with Gasteiger partial charge in [-0.2, -0.15) is 13.2 Å². The van der Waals surface area contributed by atoms with Crippen LogP contribution in [0.1, 0.15) is 11.6 Å². The van der Waals surface area contributed by atoms with Crippen molar-refractivity contribution in [3.05, 3.63) is 23.8 Å². The minimum Gasteiger partial charge on any atom is -0.497 e. The summed E-state index contributed by atoms with van der Waals surface area (Å²) < 4.78 is 47.0. The van der Waals surface area contributed by atoms with Crippen molar-refractivity contribution >= 4 is 12.4 Å². The maximum Gasteiger partial charge on any atom is 0.407 e. The molecular weight excluding hydrogens is 259 g/mol. The normalized spacial score (nSPS) is 12.6. The van der Waals surface area contributed by atoms with E-state index >= 15 is 0 Å². The molecule has 2 N–H and O–H groups in total. The van der Waals surface area contributed by atoms with Crippen LogP contribution < -0.4 is 15.2 Å². The number of methoxy groups -OCH3 is 2. The molecule has 17 heavy (non-hydrogen) atoms. The molecule has 0 radical (unpaired) electrons. The summed E-state index contributed by atoms with van der Waals surface area (Å²) in [6, 6.07) is 1.95. The molecule has 0 saturated heterocycles. The highest BCUT2D eigenvalue weighted by atomic mass is 35.5. The fourth-order valence-electron chi connectivity index (χ4n) is 1.25. The van der Waals surface area contributed by atoms with Crippen LogP contribution in [0.5, 0.6) is 11.5 Å². The fourth-order valence-corrected chi connectivity index (χ4v) is 1.25. The molecule has 7 heteroatoms. The second-order valence-electron chi connectivity index (χ2n) is 3.13. The molecule has 0 saturated carbocycles. The Morgan fingerprint density at radius 2 is 1.76 bits per heavy atom. The van der Waals surface area contributed by atoms with E-state index in [0.29, 0.717) is 5.75 Å². The van der Waals surface area contributed by atoms with E-state index in [-0.39, 0.29) is 23.7 Å². The van der Waals surface area contributed by atoms with Gasteiger partial charge in [-0.25, -0.2) is 0 Å². The lowest BCUT2D eigenvalue weighted by Gasteiger charge is -2.18. The molecule has 0 fully saturated rings. The highest BCUT2D eigenvalue weighted by Gasteiger charge is 2.39. The van der Waals surface area contributed by atoms with Gasteiger partial charge in [0.15, 0.2) is 0 Å². The summed E-state index contributed by atoms with van der Waals surface area (Å²) in [4.78, 5) is 0. The second-order valence-corrected chi connectivity index (χ2v) is 3.13. The Morgan fingerprint density at radius 3 is 2.18 bits per heavy atom. The van der Waals surface area contributed by atoms with Gasteiger partial charge in [0.05, 0.1) is 14.2 Å². The molecule has 1 atom stereocenters.